The van der Waals surface area contributed by atoms with Gasteiger partial charge in [-0.1, -0.05) is 0 Å². The van der Waals surface area contributed by atoms with Crippen LogP contribution in [0.4, 0.5) is 0 Å². The summed E-state index contributed by atoms with van der Waals surface area (Å²) < 4.78 is 0. The predicted octanol–water partition coefficient (Wildman–Crippen LogP) is -1.73. The van der Waals surface area contributed by atoms with Crippen LogP contribution >= 0.6 is 0 Å². The zero-order chi connectivity index (χ0) is 7.11. The van der Waals surface area contributed by atoms with E-state index in [1.807, 2.05) is 0 Å². The third-order valence-corrected chi connectivity index (χ3v) is 0.894. The first-order valence-electron chi connectivity index (χ1n) is 2.94. The fraction of sp³-hybridized carbons (Fsp3) is 1.00. The first-order valence-corrected chi connectivity index (χ1v) is 2.94. The highest BCUT2D eigenvalue weighted by Crippen LogP contribution is 1.82. The topological polar surface area (TPSA) is 72.7 Å². The highest BCUT2D eigenvalue weighted by atomic mass is 16.3. The largest absolute Gasteiger partial charge is 0.396 e. The van der Waals surface area contributed by atoms with Crippen molar-refractivity contribution in [1.82, 2.24) is 5.32 Å². The van der Waals surface area contributed by atoms with Crippen LogP contribution in [0.1, 0.15) is 6.42 Å². The smallest absolute Gasteiger partial charge is 0.107 e. The molecule has 0 aliphatic carbocycles. The Morgan fingerprint density at radius 1 is 1.22 bits per heavy atom. The Labute approximate surface area is 54.1 Å². The number of aliphatic hydroxyl groups excluding tert-OH is 3. The lowest BCUT2D eigenvalue weighted by Gasteiger charge is -2.08. The highest BCUT2D eigenvalue weighted by molar-refractivity contribution is 4.50. The first-order chi connectivity index (χ1) is 4.31. The SMILES string of the molecule is OCCNC(O)CCO. The van der Waals surface area contributed by atoms with E-state index in [1.54, 1.807) is 0 Å². The third-order valence-electron chi connectivity index (χ3n) is 0.894. The molecule has 4 N–H and O–H groups in total. The maximum Gasteiger partial charge on any atom is 0.107 e. The number of rotatable bonds is 5. The molecule has 0 amide bonds. The van der Waals surface area contributed by atoms with Gasteiger partial charge in [-0.15, -0.1) is 0 Å². The predicted molar refractivity (Wildman–Crippen MR) is 32.8 cm³/mol. The van der Waals surface area contributed by atoms with E-state index in [2.05, 4.69) is 5.32 Å². The molecule has 1 unspecified atom stereocenters. The van der Waals surface area contributed by atoms with Crippen LogP contribution in [0.3, 0.4) is 0 Å². The van der Waals surface area contributed by atoms with E-state index in [9.17, 15) is 0 Å². The fourth-order valence-electron chi connectivity index (χ4n) is 0.456. The molecule has 0 fully saturated rings. The summed E-state index contributed by atoms with van der Waals surface area (Å²) in [6.45, 7) is 0.323. The van der Waals surface area contributed by atoms with Crippen LogP contribution < -0.4 is 5.32 Å². The Balaban J connectivity index is 2.95. The summed E-state index contributed by atoms with van der Waals surface area (Å²) >= 11 is 0. The van der Waals surface area contributed by atoms with Crippen LogP contribution in [0.5, 0.6) is 0 Å². The van der Waals surface area contributed by atoms with Crippen molar-refractivity contribution >= 4 is 0 Å². The van der Waals surface area contributed by atoms with Crippen molar-refractivity contribution in [3.63, 3.8) is 0 Å². The molecule has 56 valence electrons. The third kappa shape index (κ3) is 5.72. The minimum atomic E-state index is -0.692. The monoisotopic (exact) mass is 135 g/mol. The van der Waals surface area contributed by atoms with E-state index < -0.39 is 6.23 Å². The normalized spacial score (nSPS) is 13.7. The molecule has 9 heavy (non-hydrogen) atoms. The molecule has 0 spiro atoms. The van der Waals surface area contributed by atoms with E-state index in [-0.39, 0.29) is 13.2 Å². The maximum atomic E-state index is 8.80. The van der Waals surface area contributed by atoms with Crippen molar-refractivity contribution in [3.05, 3.63) is 0 Å². The molecule has 0 aromatic heterocycles. The Morgan fingerprint density at radius 3 is 2.33 bits per heavy atom. The lowest BCUT2D eigenvalue weighted by atomic mass is 10.4. The first kappa shape index (κ1) is 8.84. The van der Waals surface area contributed by atoms with E-state index in [0.717, 1.165) is 0 Å². The minimum absolute atomic E-state index is 0.00247. The Bertz CT molecular complexity index is 60.2. The van der Waals surface area contributed by atoms with Crippen molar-refractivity contribution in [3.8, 4) is 0 Å². The van der Waals surface area contributed by atoms with Gasteiger partial charge in [-0.05, 0) is 0 Å². The summed E-state index contributed by atoms with van der Waals surface area (Å²) in [5.41, 5.74) is 0. The lowest BCUT2D eigenvalue weighted by Crippen LogP contribution is -2.31. The van der Waals surface area contributed by atoms with Crippen LogP contribution in [0.15, 0.2) is 0 Å². The molecular formula is C5H13NO3. The molecule has 0 aromatic rings. The Kier molecular flexibility index (Phi) is 5.86. The van der Waals surface area contributed by atoms with Crippen molar-refractivity contribution in [2.45, 2.75) is 12.6 Å². The average Bonchev–Trinajstić information content (AvgIpc) is 1.85. The molecule has 0 aliphatic rings. The summed E-state index contributed by atoms with van der Waals surface area (Å²) in [5, 5.41) is 27.9. The summed E-state index contributed by atoms with van der Waals surface area (Å²) in [5.74, 6) is 0. The molecule has 4 nitrogen and oxygen atoms in total. The minimum Gasteiger partial charge on any atom is -0.396 e. The number of hydrogen-bond donors (Lipinski definition) is 4. The highest BCUT2D eigenvalue weighted by Gasteiger charge is 1.98. The van der Waals surface area contributed by atoms with Gasteiger partial charge in [0.15, 0.2) is 0 Å². The van der Waals surface area contributed by atoms with Crippen LogP contribution in [-0.4, -0.2) is 41.3 Å². The van der Waals surface area contributed by atoms with E-state index in [0.29, 0.717) is 13.0 Å². The maximum absolute atomic E-state index is 8.80. The fourth-order valence-corrected chi connectivity index (χ4v) is 0.456. The summed E-state index contributed by atoms with van der Waals surface area (Å²) in [6, 6.07) is 0. The summed E-state index contributed by atoms with van der Waals surface area (Å²) in [4.78, 5) is 0. The van der Waals surface area contributed by atoms with Crippen molar-refractivity contribution in [1.29, 1.82) is 0 Å². The van der Waals surface area contributed by atoms with Crippen LogP contribution in [0, 0.1) is 0 Å². The Hall–Kier alpha value is -0.160. The van der Waals surface area contributed by atoms with Gasteiger partial charge in [0.1, 0.15) is 6.23 Å². The average molecular weight is 135 g/mol. The summed E-state index contributed by atoms with van der Waals surface area (Å²) in [7, 11) is 0. The van der Waals surface area contributed by atoms with Gasteiger partial charge < -0.3 is 15.3 Å². The summed E-state index contributed by atoms with van der Waals surface area (Å²) in [6.07, 6.45) is -0.387. The zero-order valence-electron chi connectivity index (χ0n) is 5.25. The van der Waals surface area contributed by atoms with Crippen molar-refractivity contribution < 1.29 is 15.3 Å². The molecule has 1 atom stereocenters. The number of hydrogen-bond acceptors (Lipinski definition) is 4. The molecule has 0 bridgehead atoms. The van der Waals surface area contributed by atoms with E-state index >= 15 is 0 Å². The second-order valence-corrected chi connectivity index (χ2v) is 1.71. The van der Waals surface area contributed by atoms with E-state index in [1.165, 1.54) is 0 Å². The van der Waals surface area contributed by atoms with Gasteiger partial charge in [-0.3, -0.25) is 5.32 Å². The van der Waals surface area contributed by atoms with Gasteiger partial charge in [-0.2, -0.15) is 0 Å². The molecular weight excluding hydrogens is 122 g/mol. The molecule has 0 radical (unpaired) electrons. The van der Waals surface area contributed by atoms with Crippen molar-refractivity contribution in [2.24, 2.45) is 0 Å². The van der Waals surface area contributed by atoms with Crippen LogP contribution in [0.2, 0.25) is 0 Å². The van der Waals surface area contributed by atoms with Crippen LogP contribution in [0.25, 0.3) is 0 Å². The quantitative estimate of drug-likeness (QED) is 0.338. The van der Waals surface area contributed by atoms with Gasteiger partial charge in [0, 0.05) is 19.6 Å². The molecule has 0 aliphatic heterocycles. The van der Waals surface area contributed by atoms with Crippen molar-refractivity contribution in [2.75, 3.05) is 19.8 Å². The van der Waals surface area contributed by atoms with E-state index in [4.69, 9.17) is 15.3 Å². The number of nitrogens with one attached hydrogen (secondary N) is 1. The molecule has 0 aromatic carbocycles. The molecule has 0 heterocycles. The standard InChI is InChI=1S/C5H13NO3/c7-3-1-5(9)6-2-4-8/h5-9H,1-4H2. The van der Waals surface area contributed by atoms with Crippen LogP contribution in [-0.2, 0) is 0 Å². The van der Waals surface area contributed by atoms with Gasteiger partial charge >= 0.3 is 0 Å². The molecule has 0 saturated heterocycles. The second kappa shape index (κ2) is 5.97. The lowest BCUT2D eigenvalue weighted by molar-refractivity contribution is 0.0968. The second-order valence-electron chi connectivity index (χ2n) is 1.71. The van der Waals surface area contributed by atoms with Gasteiger partial charge in [0.2, 0.25) is 0 Å². The molecule has 0 saturated carbocycles. The zero-order valence-corrected chi connectivity index (χ0v) is 5.25. The molecule has 4 heteroatoms. The molecule has 0 rings (SSSR count). The number of aliphatic hydroxyl groups is 3. The van der Waals surface area contributed by atoms with Gasteiger partial charge in [-0.25, -0.2) is 0 Å². The van der Waals surface area contributed by atoms with Gasteiger partial charge in [0.25, 0.3) is 0 Å². The van der Waals surface area contributed by atoms with Gasteiger partial charge in [0.05, 0.1) is 6.61 Å². The Morgan fingerprint density at radius 2 is 1.89 bits per heavy atom.